The molecule has 1 aliphatic heterocycles. The zero-order chi connectivity index (χ0) is 24.2. The summed E-state index contributed by atoms with van der Waals surface area (Å²) in [6, 6.07) is 12.0. The Morgan fingerprint density at radius 2 is 1.51 bits per heavy atom. The summed E-state index contributed by atoms with van der Waals surface area (Å²) in [5, 5.41) is 0.935. The lowest BCUT2D eigenvalue weighted by Crippen LogP contribution is -2.47. The van der Waals surface area contributed by atoms with Crippen molar-refractivity contribution in [3.63, 3.8) is 0 Å². The molecule has 2 aromatic carbocycles. The number of nitrogens with zero attached hydrogens (tertiary/aromatic N) is 6. The van der Waals surface area contributed by atoms with E-state index in [1.54, 1.807) is 32.9 Å². The summed E-state index contributed by atoms with van der Waals surface area (Å²) in [5.41, 5.74) is 3.18. The highest BCUT2D eigenvalue weighted by molar-refractivity contribution is 5.92. The molecule has 0 spiro atoms. The van der Waals surface area contributed by atoms with E-state index in [0.717, 1.165) is 48.5 Å². The second-order valence-electron chi connectivity index (χ2n) is 8.33. The van der Waals surface area contributed by atoms with E-state index in [1.807, 2.05) is 24.3 Å². The topological polar surface area (TPSA) is 85.7 Å². The smallest absolute Gasteiger partial charge is 0.225 e. The van der Waals surface area contributed by atoms with Gasteiger partial charge in [0.25, 0.3) is 0 Å². The molecule has 1 fully saturated rings. The summed E-state index contributed by atoms with van der Waals surface area (Å²) in [6.45, 7) is 5.71. The maximum absolute atomic E-state index is 5.88. The molecular weight excluding hydrogens is 444 g/mol. The zero-order valence-electron chi connectivity index (χ0n) is 20.1. The molecule has 1 aliphatic rings. The Kier molecular flexibility index (Phi) is 6.47. The van der Waals surface area contributed by atoms with Crippen molar-refractivity contribution in [2.75, 3.05) is 50.2 Å². The maximum Gasteiger partial charge on any atom is 0.225 e. The van der Waals surface area contributed by atoms with E-state index in [-0.39, 0.29) is 0 Å². The van der Waals surface area contributed by atoms with Gasteiger partial charge in [0, 0.05) is 37.6 Å². The van der Waals surface area contributed by atoms with Crippen LogP contribution in [0.15, 0.2) is 55.1 Å². The van der Waals surface area contributed by atoms with Crippen LogP contribution >= 0.6 is 0 Å². The van der Waals surface area contributed by atoms with Crippen molar-refractivity contribution in [3.8, 4) is 17.2 Å². The fourth-order valence-electron chi connectivity index (χ4n) is 4.22. The molecule has 180 valence electrons. The summed E-state index contributed by atoms with van der Waals surface area (Å²) < 4.78 is 16.8. The number of hydrogen-bond donors (Lipinski definition) is 0. The molecule has 3 heterocycles. The normalized spacial score (nSPS) is 13.7. The van der Waals surface area contributed by atoms with Crippen LogP contribution in [0, 0.1) is 6.92 Å². The fraction of sp³-hybridized carbons (Fsp3) is 0.308. The minimum atomic E-state index is 0.498. The van der Waals surface area contributed by atoms with Gasteiger partial charge in [-0.05, 0) is 24.1 Å². The van der Waals surface area contributed by atoms with Gasteiger partial charge in [0.05, 0.1) is 32.1 Å². The Bertz CT molecular complexity index is 1310. The van der Waals surface area contributed by atoms with Gasteiger partial charge in [-0.3, -0.25) is 0 Å². The standard InChI is InChI=1S/C26H28N6O3/c1-18-6-4-5-7-19(18)16-35-20-14-27-26(28-15-20)32-10-8-31(9-11-32)25-21-12-23(33-2)24(34-3)13-22(21)29-17-30-25/h4-7,12-15,17H,8-11,16H2,1-3H3. The summed E-state index contributed by atoms with van der Waals surface area (Å²) >= 11 is 0. The van der Waals surface area contributed by atoms with Gasteiger partial charge in [0.1, 0.15) is 18.8 Å². The summed E-state index contributed by atoms with van der Waals surface area (Å²) in [5.74, 6) is 3.56. The van der Waals surface area contributed by atoms with Gasteiger partial charge in [-0.15, -0.1) is 0 Å². The van der Waals surface area contributed by atoms with E-state index in [9.17, 15) is 0 Å². The predicted molar refractivity (Wildman–Crippen MR) is 135 cm³/mol. The summed E-state index contributed by atoms with van der Waals surface area (Å²) in [7, 11) is 3.25. The Balaban J connectivity index is 1.24. The molecule has 0 N–H and O–H groups in total. The molecule has 9 heteroatoms. The molecule has 1 saturated heterocycles. The van der Waals surface area contributed by atoms with Gasteiger partial charge in [-0.25, -0.2) is 19.9 Å². The first-order valence-corrected chi connectivity index (χ1v) is 11.5. The monoisotopic (exact) mass is 472 g/mol. The van der Waals surface area contributed by atoms with Crippen LogP contribution < -0.4 is 24.0 Å². The molecule has 0 unspecified atom stereocenters. The number of anilines is 2. The first-order chi connectivity index (χ1) is 17.2. The maximum atomic E-state index is 5.88. The molecule has 0 atom stereocenters. The predicted octanol–water partition coefficient (Wildman–Crippen LogP) is 3.65. The average Bonchev–Trinajstić information content (AvgIpc) is 2.92. The van der Waals surface area contributed by atoms with E-state index in [2.05, 4.69) is 48.8 Å². The summed E-state index contributed by atoms with van der Waals surface area (Å²) in [4.78, 5) is 22.5. The number of piperazine rings is 1. The van der Waals surface area contributed by atoms with Crippen LogP contribution in [0.4, 0.5) is 11.8 Å². The molecule has 0 aliphatic carbocycles. The summed E-state index contributed by atoms with van der Waals surface area (Å²) in [6.07, 6.45) is 5.07. The molecule has 0 amide bonds. The van der Waals surface area contributed by atoms with E-state index >= 15 is 0 Å². The molecule has 4 aromatic rings. The quantitative estimate of drug-likeness (QED) is 0.400. The largest absolute Gasteiger partial charge is 0.493 e. The molecule has 9 nitrogen and oxygen atoms in total. The van der Waals surface area contributed by atoms with Gasteiger partial charge >= 0.3 is 0 Å². The van der Waals surface area contributed by atoms with Crippen molar-refractivity contribution < 1.29 is 14.2 Å². The fourth-order valence-corrected chi connectivity index (χ4v) is 4.22. The minimum absolute atomic E-state index is 0.498. The highest BCUT2D eigenvalue weighted by atomic mass is 16.5. The van der Waals surface area contributed by atoms with Gasteiger partial charge < -0.3 is 24.0 Å². The lowest BCUT2D eigenvalue weighted by molar-refractivity contribution is 0.303. The zero-order valence-corrected chi connectivity index (χ0v) is 20.1. The van der Waals surface area contributed by atoms with Crippen molar-refractivity contribution in [3.05, 3.63) is 66.2 Å². The van der Waals surface area contributed by atoms with E-state index in [0.29, 0.717) is 29.8 Å². The lowest BCUT2D eigenvalue weighted by Gasteiger charge is -2.35. The highest BCUT2D eigenvalue weighted by Gasteiger charge is 2.22. The number of hydrogen-bond acceptors (Lipinski definition) is 9. The Hall–Kier alpha value is -4.14. The molecular formula is C26H28N6O3. The Labute approximate surface area is 204 Å². The van der Waals surface area contributed by atoms with Crippen LogP contribution in [0.1, 0.15) is 11.1 Å². The average molecular weight is 473 g/mol. The molecule has 2 aromatic heterocycles. The van der Waals surface area contributed by atoms with Crippen LogP contribution in [0.3, 0.4) is 0 Å². The van der Waals surface area contributed by atoms with E-state index in [4.69, 9.17) is 14.2 Å². The van der Waals surface area contributed by atoms with Crippen molar-refractivity contribution in [2.24, 2.45) is 0 Å². The van der Waals surface area contributed by atoms with Gasteiger partial charge in [0.15, 0.2) is 17.2 Å². The molecule has 0 saturated carbocycles. The number of methoxy groups -OCH3 is 2. The molecule has 0 radical (unpaired) electrons. The van der Waals surface area contributed by atoms with Gasteiger partial charge in [-0.1, -0.05) is 24.3 Å². The number of aryl methyl sites for hydroxylation is 1. The number of rotatable bonds is 7. The van der Waals surface area contributed by atoms with Crippen LogP contribution in [-0.4, -0.2) is 60.3 Å². The molecule has 0 bridgehead atoms. The van der Waals surface area contributed by atoms with Crippen molar-refractivity contribution in [1.29, 1.82) is 0 Å². The van der Waals surface area contributed by atoms with Crippen molar-refractivity contribution in [1.82, 2.24) is 19.9 Å². The molecule has 5 rings (SSSR count). The number of benzene rings is 2. The first kappa shape index (κ1) is 22.6. The number of aromatic nitrogens is 4. The third kappa shape index (κ3) is 4.75. The van der Waals surface area contributed by atoms with Gasteiger partial charge in [-0.2, -0.15) is 0 Å². The van der Waals surface area contributed by atoms with Crippen molar-refractivity contribution in [2.45, 2.75) is 13.5 Å². The number of fused-ring (bicyclic) bond motifs is 1. The second kappa shape index (κ2) is 10.0. The van der Waals surface area contributed by atoms with Crippen LogP contribution in [-0.2, 0) is 6.61 Å². The van der Waals surface area contributed by atoms with Crippen molar-refractivity contribution >= 4 is 22.7 Å². The van der Waals surface area contributed by atoms with E-state index in [1.165, 1.54) is 5.56 Å². The minimum Gasteiger partial charge on any atom is -0.493 e. The lowest BCUT2D eigenvalue weighted by atomic mass is 10.1. The van der Waals surface area contributed by atoms with Crippen LogP contribution in [0.2, 0.25) is 0 Å². The molecule has 35 heavy (non-hydrogen) atoms. The van der Waals surface area contributed by atoms with Gasteiger partial charge in [0.2, 0.25) is 5.95 Å². The van der Waals surface area contributed by atoms with Crippen LogP contribution in [0.5, 0.6) is 17.2 Å². The Morgan fingerprint density at radius 3 is 2.23 bits per heavy atom. The Morgan fingerprint density at radius 1 is 0.829 bits per heavy atom. The third-order valence-corrected chi connectivity index (χ3v) is 6.25. The number of ether oxygens (including phenoxy) is 3. The van der Waals surface area contributed by atoms with Crippen LogP contribution in [0.25, 0.3) is 10.9 Å². The first-order valence-electron chi connectivity index (χ1n) is 11.5. The SMILES string of the molecule is COc1cc2ncnc(N3CCN(c4ncc(OCc5ccccc5C)cn4)CC3)c2cc1OC. The third-order valence-electron chi connectivity index (χ3n) is 6.25. The second-order valence-corrected chi connectivity index (χ2v) is 8.33. The van der Waals surface area contributed by atoms with E-state index < -0.39 is 0 Å². The highest BCUT2D eigenvalue weighted by Crippen LogP contribution is 2.35.